The Hall–Kier alpha value is -2.79. The Balaban J connectivity index is 1.74. The maximum Gasteiger partial charge on any atom is 0.135 e. The molecule has 0 spiro atoms. The van der Waals surface area contributed by atoms with Gasteiger partial charge >= 0.3 is 0 Å². The zero-order valence-electron chi connectivity index (χ0n) is 13.4. The van der Waals surface area contributed by atoms with E-state index in [4.69, 9.17) is 16.3 Å². The van der Waals surface area contributed by atoms with Crippen LogP contribution < -0.4 is 15.4 Å². The van der Waals surface area contributed by atoms with Crippen molar-refractivity contribution in [3.05, 3.63) is 65.4 Å². The number of rotatable bonds is 5. The van der Waals surface area contributed by atoms with E-state index in [9.17, 15) is 0 Å². The molecule has 3 rings (SSSR count). The average Bonchev–Trinajstić information content (AvgIpc) is 2.59. The van der Waals surface area contributed by atoms with Gasteiger partial charge in [0.15, 0.2) is 0 Å². The summed E-state index contributed by atoms with van der Waals surface area (Å²) in [6.07, 6.45) is 1.50. The molecule has 0 radical (unpaired) electrons. The molecule has 0 aliphatic carbocycles. The summed E-state index contributed by atoms with van der Waals surface area (Å²) >= 11 is 6.15. The molecule has 0 bridgehead atoms. The van der Waals surface area contributed by atoms with Crippen LogP contribution in [0.25, 0.3) is 0 Å². The summed E-state index contributed by atoms with van der Waals surface area (Å²) in [7, 11) is 1.64. The highest BCUT2D eigenvalue weighted by molar-refractivity contribution is 6.31. The summed E-state index contributed by atoms with van der Waals surface area (Å²) < 4.78 is 5.15. The number of nitrogens with zero attached hydrogens (tertiary/aromatic N) is 2. The molecule has 24 heavy (non-hydrogen) atoms. The first-order valence-corrected chi connectivity index (χ1v) is 7.78. The lowest BCUT2D eigenvalue weighted by molar-refractivity contribution is 0.415. The van der Waals surface area contributed by atoms with Crippen LogP contribution >= 0.6 is 11.6 Å². The van der Waals surface area contributed by atoms with Crippen LogP contribution in [0.5, 0.6) is 5.75 Å². The predicted octanol–water partition coefficient (Wildman–Crippen LogP) is 4.93. The summed E-state index contributed by atoms with van der Waals surface area (Å²) in [5.74, 6) is 2.18. The van der Waals surface area contributed by atoms with E-state index in [-0.39, 0.29) is 0 Å². The number of nitrogens with one attached hydrogen (secondary N) is 2. The first-order chi connectivity index (χ1) is 11.6. The molecule has 0 atom stereocenters. The van der Waals surface area contributed by atoms with Crippen LogP contribution in [0.15, 0.2) is 54.9 Å². The fraction of sp³-hybridized carbons (Fsp3) is 0.111. The highest BCUT2D eigenvalue weighted by Crippen LogP contribution is 2.24. The number of aryl methyl sites for hydroxylation is 1. The van der Waals surface area contributed by atoms with Crippen molar-refractivity contribution in [3.63, 3.8) is 0 Å². The molecule has 6 heteroatoms. The second-order valence-electron chi connectivity index (χ2n) is 5.23. The van der Waals surface area contributed by atoms with Gasteiger partial charge in [0.1, 0.15) is 23.7 Å². The van der Waals surface area contributed by atoms with E-state index >= 15 is 0 Å². The first-order valence-electron chi connectivity index (χ1n) is 7.40. The smallest absolute Gasteiger partial charge is 0.135 e. The van der Waals surface area contributed by atoms with Crippen molar-refractivity contribution in [1.82, 2.24) is 9.97 Å². The Morgan fingerprint density at radius 2 is 1.50 bits per heavy atom. The zero-order chi connectivity index (χ0) is 16.9. The van der Waals surface area contributed by atoms with E-state index in [0.717, 1.165) is 22.7 Å². The summed E-state index contributed by atoms with van der Waals surface area (Å²) in [6.45, 7) is 1.97. The molecule has 0 fully saturated rings. The number of halogens is 1. The van der Waals surface area contributed by atoms with Crippen LogP contribution in [0.1, 0.15) is 5.56 Å². The van der Waals surface area contributed by atoms with Gasteiger partial charge in [-0.2, -0.15) is 0 Å². The van der Waals surface area contributed by atoms with Crippen molar-refractivity contribution in [3.8, 4) is 5.75 Å². The fourth-order valence-electron chi connectivity index (χ4n) is 2.13. The highest BCUT2D eigenvalue weighted by atomic mass is 35.5. The fourth-order valence-corrected chi connectivity index (χ4v) is 2.32. The quantitative estimate of drug-likeness (QED) is 0.689. The summed E-state index contributed by atoms with van der Waals surface area (Å²) in [5.41, 5.74) is 2.82. The van der Waals surface area contributed by atoms with Gasteiger partial charge in [-0.1, -0.05) is 17.7 Å². The van der Waals surface area contributed by atoms with Crippen molar-refractivity contribution in [1.29, 1.82) is 0 Å². The van der Waals surface area contributed by atoms with E-state index in [0.29, 0.717) is 16.7 Å². The van der Waals surface area contributed by atoms with Gasteiger partial charge in [0.2, 0.25) is 0 Å². The maximum atomic E-state index is 6.15. The third kappa shape index (κ3) is 3.94. The Morgan fingerprint density at radius 1 is 0.875 bits per heavy atom. The number of ether oxygens (including phenoxy) is 1. The topological polar surface area (TPSA) is 59.1 Å². The van der Waals surface area contributed by atoms with Gasteiger partial charge in [-0.3, -0.25) is 0 Å². The lowest BCUT2D eigenvalue weighted by Crippen LogP contribution is -1.98. The predicted molar refractivity (Wildman–Crippen MR) is 97.8 cm³/mol. The minimum Gasteiger partial charge on any atom is -0.497 e. The number of hydrogen-bond acceptors (Lipinski definition) is 5. The minimum atomic E-state index is 0.681. The van der Waals surface area contributed by atoms with E-state index in [2.05, 4.69) is 20.6 Å². The molecule has 1 aromatic heterocycles. The molecule has 0 saturated heterocycles. The molecule has 2 aromatic carbocycles. The van der Waals surface area contributed by atoms with Gasteiger partial charge in [-0.15, -0.1) is 0 Å². The van der Waals surface area contributed by atoms with Gasteiger partial charge in [0.05, 0.1) is 7.11 Å². The molecule has 0 aliphatic rings. The highest BCUT2D eigenvalue weighted by Gasteiger charge is 2.03. The van der Waals surface area contributed by atoms with E-state index in [1.807, 2.05) is 55.5 Å². The Kier molecular flexibility index (Phi) is 4.82. The molecule has 5 nitrogen and oxygen atoms in total. The Bertz CT molecular complexity index is 837. The monoisotopic (exact) mass is 340 g/mol. The van der Waals surface area contributed by atoms with Gasteiger partial charge in [-0.05, 0) is 48.9 Å². The number of methoxy groups -OCH3 is 1. The number of aromatic nitrogens is 2. The van der Waals surface area contributed by atoms with Crippen molar-refractivity contribution in [2.75, 3.05) is 17.7 Å². The summed E-state index contributed by atoms with van der Waals surface area (Å²) in [6, 6.07) is 15.2. The van der Waals surface area contributed by atoms with Crippen LogP contribution in [0, 0.1) is 6.92 Å². The third-order valence-electron chi connectivity index (χ3n) is 3.47. The van der Waals surface area contributed by atoms with Crippen LogP contribution in [-0.4, -0.2) is 17.1 Å². The molecule has 0 saturated carbocycles. The molecular weight excluding hydrogens is 324 g/mol. The van der Waals surface area contributed by atoms with E-state index in [1.165, 1.54) is 6.33 Å². The molecule has 1 heterocycles. The first kappa shape index (κ1) is 16.1. The van der Waals surface area contributed by atoms with Crippen molar-refractivity contribution < 1.29 is 4.74 Å². The largest absolute Gasteiger partial charge is 0.497 e. The molecule has 2 N–H and O–H groups in total. The van der Waals surface area contributed by atoms with Crippen molar-refractivity contribution >= 4 is 34.6 Å². The van der Waals surface area contributed by atoms with Crippen LogP contribution in [-0.2, 0) is 0 Å². The van der Waals surface area contributed by atoms with Gasteiger partial charge < -0.3 is 15.4 Å². The van der Waals surface area contributed by atoms with Crippen LogP contribution in [0.4, 0.5) is 23.0 Å². The SMILES string of the molecule is COc1ccc(Nc2cc(Nc3ccc(C)c(Cl)c3)ncn2)cc1. The molecule has 122 valence electrons. The normalized spacial score (nSPS) is 10.3. The van der Waals surface area contributed by atoms with Crippen molar-refractivity contribution in [2.45, 2.75) is 6.92 Å². The standard InChI is InChI=1S/C18H17ClN4O/c1-12-3-4-14(9-16(12)19)23-18-10-17(20-11-21-18)22-13-5-7-15(24-2)8-6-13/h3-11H,1-2H3,(H2,20,21,22,23). The molecule has 0 amide bonds. The van der Waals surface area contributed by atoms with E-state index in [1.54, 1.807) is 7.11 Å². The van der Waals surface area contributed by atoms with Gasteiger partial charge in [0, 0.05) is 22.5 Å². The second-order valence-corrected chi connectivity index (χ2v) is 5.64. The zero-order valence-corrected chi connectivity index (χ0v) is 14.1. The minimum absolute atomic E-state index is 0.681. The molecular formula is C18H17ClN4O. The Morgan fingerprint density at radius 3 is 2.12 bits per heavy atom. The van der Waals surface area contributed by atoms with E-state index < -0.39 is 0 Å². The lowest BCUT2D eigenvalue weighted by Gasteiger charge is -2.10. The van der Waals surface area contributed by atoms with Crippen LogP contribution in [0.3, 0.4) is 0 Å². The lowest BCUT2D eigenvalue weighted by atomic mass is 10.2. The molecule has 0 unspecified atom stereocenters. The maximum absolute atomic E-state index is 6.15. The van der Waals surface area contributed by atoms with Gasteiger partial charge in [-0.25, -0.2) is 9.97 Å². The molecule has 3 aromatic rings. The molecule has 0 aliphatic heterocycles. The second kappa shape index (κ2) is 7.19. The Labute approximate surface area is 145 Å². The van der Waals surface area contributed by atoms with Gasteiger partial charge in [0.25, 0.3) is 0 Å². The number of anilines is 4. The van der Waals surface area contributed by atoms with Crippen molar-refractivity contribution in [2.24, 2.45) is 0 Å². The summed E-state index contributed by atoms with van der Waals surface area (Å²) in [5, 5.41) is 7.16. The van der Waals surface area contributed by atoms with Crippen LogP contribution in [0.2, 0.25) is 5.02 Å². The summed E-state index contributed by atoms with van der Waals surface area (Å²) in [4.78, 5) is 8.46. The number of benzene rings is 2. The average molecular weight is 341 g/mol. The number of hydrogen-bond donors (Lipinski definition) is 2. The third-order valence-corrected chi connectivity index (χ3v) is 3.88.